The van der Waals surface area contributed by atoms with E-state index in [0.717, 1.165) is 24.5 Å². The lowest BCUT2D eigenvalue weighted by atomic mass is 10.2. The first-order valence-electron chi connectivity index (χ1n) is 5.38. The molecule has 5 heteroatoms. The molecule has 1 N–H and O–H groups in total. The summed E-state index contributed by atoms with van der Waals surface area (Å²) < 4.78 is 0. The van der Waals surface area contributed by atoms with E-state index in [1.54, 1.807) is 6.20 Å². The highest BCUT2D eigenvalue weighted by Crippen LogP contribution is 2.09. The van der Waals surface area contributed by atoms with Gasteiger partial charge in [0.15, 0.2) is 0 Å². The topological polar surface area (TPSA) is 50.7 Å². The number of rotatable bonds is 4. The van der Waals surface area contributed by atoms with Crippen molar-refractivity contribution in [3.8, 4) is 0 Å². The molecule has 0 atom stereocenters. The van der Waals surface area contributed by atoms with Crippen LogP contribution in [0, 0.1) is 6.92 Å². The van der Waals surface area contributed by atoms with Crippen molar-refractivity contribution in [2.24, 2.45) is 0 Å². The molecule has 0 amide bonds. The first kappa shape index (κ1) is 11.8. The predicted octanol–water partition coefficient (Wildman–Crippen LogP) is 2.49. The predicted molar refractivity (Wildman–Crippen MR) is 68.2 cm³/mol. The van der Waals surface area contributed by atoms with Crippen molar-refractivity contribution in [3.05, 3.63) is 47.1 Å². The molecule has 2 heterocycles. The standard InChI is InChI=1S/C12H13ClN4/c1-9-7-11(17-12(13)16-9)15-6-4-10-3-2-5-14-8-10/h2-3,5,7-8H,4,6H2,1H3,(H,15,16,17). The molecular formula is C12H13ClN4. The van der Waals surface area contributed by atoms with Crippen LogP contribution in [0.2, 0.25) is 5.28 Å². The molecule has 0 aromatic carbocycles. The zero-order valence-corrected chi connectivity index (χ0v) is 10.3. The SMILES string of the molecule is Cc1cc(NCCc2cccnc2)nc(Cl)n1. The van der Waals surface area contributed by atoms with Crippen molar-refractivity contribution in [1.82, 2.24) is 15.0 Å². The third-order valence-corrected chi connectivity index (χ3v) is 2.44. The number of aromatic nitrogens is 3. The Kier molecular flexibility index (Phi) is 3.88. The third-order valence-electron chi connectivity index (χ3n) is 2.27. The molecule has 2 rings (SSSR count). The van der Waals surface area contributed by atoms with Crippen LogP contribution in [-0.2, 0) is 6.42 Å². The van der Waals surface area contributed by atoms with Crippen LogP contribution in [0.1, 0.15) is 11.3 Å². The highest BCUT2D eigenvalue weighted by Gasteiger charge is 1.99. The second kappa shape index (κ2) is 5.59. The van der Waals surface area contributed by atoms with Gasteiger partial charge in [-0.2, -0.15) is 0 Å². The molecule has 0 saturated carbocycles. The van der Waals surface area contributed by atoms with Gasteiger partial charge in [-0.25, -0.2) is 9.97 Å². The van der Waals surface area contributed by atoms with E-state index in [2.05, 4.69) is 20.3 Å². The Morgan fingerprint density at radius 2 is 2.24 bits per heavy atom. The average molecular weight is 249 g/mol. The van der Waals surface area contributed by atoms with Gasteiger partial charge < -0.3 is 5.32 Å². The Hall–Kier alpha value is -1.68. The molecule has 4 nitrogen and oxygen atoms in total. The third kappa shape index (κ3) is 3.67. The van der Waals surface area contributed by atoms with Crippen LogP contribution in [0.5, 0.6) is 0 Å². The molecule has 2 aromatic heterocycles. The fourth-order valence-electron chi connectivity index (χ4n) is 1.50. The number of hydrogen-bond acceptors (Lipinski definition) is 4. The minimum absolute atomic E-state index is 0.272. The Labute approximate surface area is 105 Å². The first-order chi connectivity index (χ1) is 8.24. The summed E-state index contributed by atoms with van der Waals surface area (Å²) in [6.07, 6.45) is 4.53. The van der Waals surface area contributed by atoms with E-state index in [9.17, 15) is 0 Å². The second-order valence-electron chi connectivity index (χ2n) is 3.70. The number of pyridine rings is 1. The molecule has 0 bridgehead atoms. The largest absolute Gasteiger partial charge is 0.370 e. The lowest BCUT2D eigenvalue weighted by Gasteiger charge is -2.06. The van der Waals surface area contributed by atoms with E-state index in [1.165, 1.54) is 5.56 Å². The summed E-state index contributed by atoms with van der Waals surface area (Å²) in [6.45, 7) is 2.68. The summed E-state index contributed by atoms with van der Waals surface area (Å²) >= 11 is 5.77. The summed E-state index contributed by atoms with van der Waals surface area (Å²) in [6, 6.07) is 5.85. The van der Waals surface area contributed by atoms with Crippen molar-refractivity contribution < 1.29 is 0 Å². The average Bonchev–Trinajstić information content (AvgIpc) is 2.29. The molecule has 0 aliphatic heterocycles. The van der Waals surface area contributed by atoms with Gasteiger partial charge in [-0.05, 0) is 36.6 Å². The molecule has 0 aliphatic rings. The number of nitrogens with one attached hydrogen (secondary N) is 1. The Bertz CT molecular complexity index is 467. The Morgan fingerprint density at radius 3 is 2.94 bits per heavy atom. The quantitative estimate of drug-likeness (QED) is 0.845. The fourth-order valence-corrected chi connectivity index (χ4v) is 1.73. The van der Waals surface area contributed by atoms with Gasteiger partial charge in [0.25, 0.3) is 0 Å². The molecule has 0 radical (unpaired) electrons. The normalized spacial score (nSPS) is 10.2. The molecule has 2 aromatic rings. The lowest BCUT2D eigenvalue weighted by Crippen LogP contribution is -2.07. The number of aryl methyl sites for hydroxylation is 1. The van der Waals surface area contributed by atoms with Crippen LogP contribution in [0.15, 0.2) is 30.6 Å². The maximum absolute atomic E-state index is 5.77. The molecular weight excluding hydrogens is 236 g/mol. The van der Waals surface area contributed by atoms with Gasteiger partial charge in [-0.1, -0.05) is 6.07 Å². The van der Waals surface area contributed by atoms with Crippen LogP contribution in [0.3, 0.4) is 0 Å². The van der Waals surface area contributed by atoms with Crippen LogP contribution in [-0.4, -0.2) is 21.5 Å². The van der Waals surface area contributed by atoms with Crippen molar-refractivity contribution in [1.29, 1.82) is 0 Å². The first-order valence-corrected chi connectivity index (χ1v) is 5.76. The highest BCUT2D eigenvalue weighted by atomic mass is 35.5. The van der Waals surface area contributed by atoms with Crippen LogP contribution >= 0.6 is 11.6 Å². The highest BCUT2D eigenvalue weighted by molar-refractivity contribution is 6.28. The van der Waals surface area contributed by atoms with Gasteiger partial charge in [0.2, 0.25) is 5.28 Å². The number of nitrogens with zero attached hydrogens (tertiary/aromatic N) is 3. The van der Waals surface area contributed by atoms with Crippen molar-refractivity contribution >= 4 is 17.4 Å². The van der Waals surface area contributed by atoms with E-state index in [1.807, 2.05) is 31.3 Å². The van der Waals surface area contributed by atoms with Crippen LogP contribution < -0.4 is 5.32 Å². The summed E-state index contributed by atoms with van der Waals surface area (Å²) in [4.78, 5) is 12.2. The smallest absolute Gasteiger partial charge is 0.224 e. The molecule has 88 valence electrons. The van der Waals surface area contributed by atoms with Gasteiger partial charge >= 0.3 is 0 Å². The maximum atomic E-state index is 5.77. The number of hydrogen-bond donors (Lipinski definition) is 1. The molecule has 0 aliphatic carbocycles. The van der Waals surface area contributed by atoms with Gasteiger partial charge in [-0.15, -0.1) is 0 Å². The van der Waals surface area contributed by atoms with E-state index in [-0.39, 0.29) is 5.28 Å². The summed E-state index contributed by atoms with van der Waals surface area (Å²) in [5, 5.41) is 3.48. The maximum Gasteiger partial charge on any atom is 0.224 e. The van der Waals surface area contributed by atoms with E-state index in [0.29, 0.717) is 0 Å². The van der Waals surface area contributed by atoms with Gasteiger partial charge in [0.1, 0.15) is 5.82 Å². The number of anilines is 1. The van der Waals surface area contributed by atoms with E-state index < -0.39 is 0 Å². The molecule has 0 spiro atoms. The van der Waals surface area contributed by atoms with Gasteiger partial charge in [0, 0.05) is 30.7 Å². The fraction of sp³-hybridized carbons (Fsp3) is 0.250. The Morgan fingerprint density at radius 1 is 1.35 bits per heavy atom. The van der Waals surface area contributed by atoms with Crippen LogP contribution in [0.25, 0.3) is 0 Å². The van der Waals surface area contributed by atoms with Gasteiger partial charge in [0.05, 0.1) is 0 Å². The minimum atomic E-state index is 0.272. The lowest BCUT2D eigenvalue weighted by molar-refractivity contribution is 0.983. The summed E-state index contributed by atoms with van der Waals surface area (Å²) in [7, 11) is 0. The zero-order valence-electron chi connectivity index (χ0n) is 9.52. The van der Waals surface area contributed by atoms with E-state index >= 15 is 0 Å². The second-order valence-corrected chi connectivity index (χ2v) is 4.04. The number of halogens is 1. The molecule has 17 heavy (non-hydrogen) atoms. The zero-order chi connectivity index (χ0) is 12.1. The van der Waals surface area contributed by atoms with Crippen molar-refractivity contribution in [3.63, 3.8) is 0 Å². The van der Waals surface area contributed by atoms with E-state index in [4.69, 9.17) is 11.6 Å². The Balaban J connectivity index is 1.90. The molecule has 0 fully saturated rings. The van der Waals surface area contributed by atoms with Gasteiger partial charge in [-0.3, -0.25) is 4.98 Å². The van der Waals surface area contributed by atoms with Crippen molar-refractivity contribution in [2.45, 2.75) is 13.3 Å². The summed E-state index contributed by atoms with van der Waals surface area (Å²) in [5.74, 6) is 0.756. The summed E-state index contributed by atoms with van der Waals surface area (Å²) in [5.41, 5.74) is 2.05. The molecule has 0 unspecified atom stereocenters. The van der Waals surface area contributed by atoms with Crippen LogP contribution in [0.4, 0.5) is 5.82 Å². The minimum Gasteiger partial charge on any atom is -0.370 e. The monoisotopic (exact) mass is 248 g/mol. The van der Waals surface area contributed by atoms with Crippen molar-refractivity contribution in [2.75, 3.05) is 11.9 Å². The molecule has 0 saturated heterocycles.